The van der Waals surface area contributed by atoms with E-state index in [1.807, 2.05) is 0 Å². The number of aromatic hydroxyl groups is 1. The molecular formula is C13H13N3O3. The minimum atomic E-state index is -0.797. The number of carbonyl (C=O) groups is 1. The SMILES string of the molecule is Cc1[nH]c(=O)c(C(N)=O)cc1-c1ccc(O)c(N)c1. The second-order valence-electron chi connectivity index (χ2n) is 4.19. The second-order valence-corrected chi connectivity index (χ2v) is 4.19. The Morgan fingerprint density at radius 3 is 2.58 bits per heavy atom. The number of nitrogens with one attached hydrogen (secondary N) is 1. The molecular weight excluding hydrogens is 246 g/mol. The molecule has 6 N–H and O–H groups in total. The van der Waals surface area contributed by atoms with E-state index in [2.05, 4.69) is 4.98 Å². The molecule has 0 aliphatic heterocycles. The van der Waals surface area contributed by atoms with Gasteiger partial charge in [0.15, 0.2) is 0 Å². The lowest BCUT2D eigenvalue weighted by molar-refractivity contribution is 0.0999. The number of hydrogen-bond acceptors (Lipinski definition) is 4. The minimum Gasteiger partial charge on any atom is -0.506 e. The Hall–Kier alpha value is -2.76. The smallest absolute Gasteiger partial charge is 0.261 e. The molecule has 1 heterocycles. The lowest BCUT2D eigenvalue weighted by atomic mass is 10.0. The van der Waals surface area contributed by atoms with Crippen LogP contribution in [0.2, 0.25) is 0 Å². The maximum Gasteiger partial charge on any atom is 0.261 e. The van der Waals surface area contributed by atoms with Crippen LogP contribution in [0.15, 0.2) is 29.1 Å². The molecule has 0 aliphatic carbocycles. The second kappa shape index (κ2) is 4.49. The Labute approximate surface area is 108 Å². The molecule has 0 radical (unpaired) electrons. The quantitative estimate of drug-likeness (QED) is 0.469. The Bertz CT molecular complexity index is 720. The van der Waals surface area contributed by atoms with E-state index in [9.17, 15) is 14.7 Å². The van der Waals surface area contributed by atoms with Gasteiger partial charge in [-0.3, -0.25) is 9.59 Å². The van der Waals surface area contributed by atoms with Gasteiger partial charge in [0, 0.05) is 11.3 Å². The van der Waals surface area contributed by atoms with Gasteiger partial charge in [0.1, 0.15) is 11.3 Å². The number of carbonyl (C=O) groups excluding carboxylic acids is 1. The van der Waals surface area contributed by atoms with Crippen LogP contribution < -0.4 is 17.0 Å². The maximum absolute atomic E-state index is 11.6. The number of H-pyrrole nitrogens is 1. The third kappa shape index (κ3) is 2.28. The normalized spacial score (nSPS) is 10.4. The van der Waals surface area contributed by atoms with Crippen LogP contribution >= 0.6 is 0 Å². The summed E-state index contributed by atoms with van der Waals surface area (Å²) in [4.78, 5) is 25.3. The number of phenolic OH excluding ortho intramolecular Hbond substituents is 1. The highest BCUT2D eigenvalue weighted by molar-refractivity contribution is 5.94. The largest absolute Gasteiger partial charge is 0.506 e. The van der Waals surface area contributed by atoms with Crippen LogP contribution in [0.25, 0.3) is 11.1 Å². The number of phenols is 1. The number of nitrogens with two attached hydrogens (primary N) is 2. The van der Waals surface area contributed by atoms with Gasteiger partial charge in [-0.15, -0.1) is 0 Å². The van der Waals surface area contributed by atoms with E-state index < -0.39 is 11.5 Å². The standard InChI is InChI=1S/C13H13N3O3/c1-6-8(5-9(12(15)18)13(19)16-6)7-2-3-11(17)10(14)4-7/h2-5,17H,14H2,1H3,(H2,15,18)(H,16,19). The monoisotopic (exact) mass is 259 g/mol. The van der Waals surface area contributed by atoms with Crippen molar-refractivity contribution in [2.24, 2.45) is 5.73 Å². The zero-order chi connectivity index (χ0) is 14.2. The fourth-order valence-corrected chi connectivity index (χ4v) is 1.83. The van der Waals surface area contributed by atoms with Crippen LogP contribution in [0.4, 0.5) is 5.69 Å². The van der Waals surface area contributed by atoms with Crippen LogP contribution in [-0.2, 0) is 0 Å². The average Bonchev–Trinajstić information content (AvgIpc) is 2.32. The molecule has 19 heavy (non-hydrogen) atoms. The summed E-state index contributed by atoms with van der Waals surface area (Å²) in [6.45, 7) is 1.70. The molecule has 6 nitrogen and oxygen atoms in total. The molecule has 0 saturated carbocycles. The van der Waals surface area contributed by atoms with Crippen molar-refractivity contribution in [3.8, 4) is 16.9 Å². The summed E-state index contributed by atoms with van der Waals surface area (Å²) >= 11 is 0. The van der Waals surface area contributed by atoms with Crippen molar-refractivity contribution < 1.29 is 9.90 Å². The van der Waals surface area contributed by atoms with E-state index in [-0.39, 0.29) is 17.0 Å². The van der Waals surface area contributed by atoms with Crippen LogP contribution in [0.1, 0.15) is 16.1 Å². The molecule has 2 aromatic rings. The minimum absolute atomic E-state index is 0.0269. The molecule has 6 heteroatoms. The molecule has 1 amide bonds. The lowest BCUT2D eigenvalue weighted by Gasteiger charge is -2.09. The Morgan fingerprint density at radius 1 is 1.32 bits per heavy atom. The Morgan fingerprint density at radius 2 is 2.00 bits per heavy atom. The zero-order valence-electron chi connectivity index (χ0n) is 10.2. The van der Waals surface area contributed by atoms with Crippen molar-refractivity contribution in [1.29, 1.82) is 0 Å². The van der Waals surface area contributed by atoms with E-state index in [1.165, 1.54) is 12.1 Å². The van der Waals surface area contributed by atoms with E-state index in [0.29, 0.717) is 16.8 Å². The summed E-state index contributed by atoms with van der Waals surface area (Å²) in [5, 5.41) is 9.39. The molecule has 0 saturated heterocycles. The predicted octanol–water partition coefficient (Wildman–Crippen LogP) is 0.737. The van der Waals surface area contributed by atoms with E-state index in [4.69, 9.17) is 11.5 Å². The molecule has 2 rings (SSSR count). The number of pyridine rings is 1. The summed E-state index contributed by atoms with van der Waals surface area (Å²) in [5.74, 6) is -0.824. The fourth-order valence-electron chi connectivity index (χ4n) is 1.83. The number of hydrogen-bond donors (Lipinski definition) is 4. The van der Waals surface area contributed by atoms with Gasteiger partial charge in [-0.2, -0.15) is 0 Å². The van der Waals surface area contributed by atoms with Crippen LogP contribution in [0.5, 0.6) is 5.75 Å². The first kappa shape index (κ1) is 12.7. The number of amides is 1. The van der Waals surface area contributed by atoms with Crippen molar-refractivity contribution in [1.82, 2.24) is 4.98 Å². The van der Waals surface area contributed by atoms with Gasteiger partial charge in [0.05, 0.1) is 5.69 Å². The summed E-state index contributed by atoms with van der Waals surface area (Å²) in [5.41, 5.74) is 12.2. The van der Waals surface area contributed by atoms with Crippen molar-refractivity contribution in [2.45, 2.75) is 6.92 Å². The highest BCUT2D eigenvalue weighted by Crippen LogP contribution is 2.28. The molecule has 0 atom stereocenters. The third-order valence-electron chi connectivity index (χ3n) is 2.84. The summed E-state index contributed by atoms with van der Waals surface area (Å²) in [7, 11) is 0. The molecule has 1 aromatic heterocycles. The van der Waals surface area contributed by atoms with Crippen molar-refractivity contribution in [3.05, 3.63) is 45.9 Å². The number of benzene rings is 1. The van der Waals surface area contributed by atoms with Gasteiger partial charge < -0.3 is 21.6 Å². The predicted molar refractivity (Wildman–Crippen MR) is 71.8 cm³/mol. The number of aromatic nitrogens is 1. The van der Waals surface area contributed by atoms with Crippen LogP contribution in [0.3, 0.4) is 0 Å². The molecule has 0 aliphatic rings. The molecule has 0 unspecified atom stereocenters. The fraction of sp³-hybridized carbons (Fsp3) is 0.0769. The number of primary amides is 1. The highest BCUT2D eigenvalue weighted by Gasteiger charge is 2.12. The first-order chi connectivity index (χ1) is 8.90. The maximum atomic E-state index is 11.6. The van der Waals surface area contributed by atoms with Gasteiger partial charge in [-0.1, -0.05) is 6.07 Å². The third-order valence-corrected chi connectivity index (χ3v) is 2.84. The first-order valence-corrected chi connectivity index (χ1v) is 5.52. The molecule has 0 spiro atoms. The Balaban J connectivity index is 2.68. The van der Waals surface area contributed by atoms with E-state index in [0.717, 1.165) is 0 Å². The van der Waals surface area contributed by atoms with Crippen molar-refractivity contribution in [3.63, 3.8) is 0 Å². The number of rotatable bonds is 2. The summed E-state index contributed by atoms with van der Waals surface area (Å²) in [6, 6.07) is 6.05. The molecule has 0 fully saturated rings. The average molecular weight is 259 g/mol. The number of nitrogen functional groups attached to an aromatic ring is 1. The highest BCUT2D eigenvalue weighted by atomic mass is 16.3. The van der Waals surface area contributed by atoms with Crippen LogP contribution in [0, 0.1) is 6.92 Å². The van der Waals surface area contributed by atoms with E-state index in [1.54, 1.807) is 19.1 Å². The van der Waals surface area contributed by atoms with Crippen LogP contribution in [-0.4, -0.2) is 16.0 Å². The summed E-state index contributed by atoms with van der Waals surface area (Å²) < 4.78 is 0. The van der Waals surface area contributed by atoms with Gasteiger partial charge in [0.25, 0.3) is 11.5 Å². The van der Waals surface area contributed by atoms with Gasteiger partial charge in [-0.05, 0) is 30.7 Å². The van der Waals surface area contributed by atoms with Gasteiger partial charge in [0.2, 0.25) is 0 Å². The molecule has 1 aromatic carbocycles. The summed E-state index contributed by atoms with van der Waals surface area (Å²) in [6.07, 6.45) is 0. The molecule has 98 valence electrons. The van der Waals surface area contributed by atoms with Crippen molar-refractivity contribution >= 4 is 11.6 Å². The number of aryl methyl sites for hydroxylation is 1. The Kier molecular flexibility index (Phi) is 3.00. The zero-order valence-corrected chi connectivity index (χ0v) is 10.2. The van der Waals surface area contributed by atoms with Gasteiger partial charge >= 0.3 is 0 Å². The molecule has 0 bridgehead atoms. The van der Waals surface area contributed by atoms with Gasteiger partial charge in [-0.25, -0.2) is 0 Å². The van der Waals surface area contributed by atoms with E-state index >= 15 is 0 Å². The number of anilines is 1. The number of aromatic amines is 1. The lowest BCUT2D eigenvalue weighted by Crippen LogP contribution is -2.24. The topological polar surface area (TPSA) is 122 Å². The first-order valence-electron chi connectivity index (χ1n) is 5.52. The van der Waals surface area contributed by atoms with Crippen molar-refractivity contribution in [2.75, 3.05) is 5.73 Å².